The smallest absolute Gasteiger partial charge is 0.328 e. The van der Waals surface area contributed by atoms with Gasteiger partial charge in [0.1, 0.15) is 5.82 Å². The van der Waals surface area contributed by atoms with Gasteiger partial charge < -0.3 is 14.7 Å². The number of likely N-dealkylation sites (N-methyl/N-ethyl adjacent to an activating group) is 1. The maximum absolute atomic E-state index is 13.6. The summed E-state index contributed by atoms with van der Waals surface area (Å²) < 4.78 is 14.6. The summed E-state index contributed by atoms with van der Waals surface area (Å²) in [6, 6.07) is 10.8. The Morgan fingerprint density at radius 3 is 2.16 bits per heavy atom. The average molecular weight is 507 g/mol. The van der Waals surface area contributed by atoms with E-state index in [1.807, 2.05) is 0 Å². The van der Waals surface area contributed by atoms with Crippen molar-refractivity contribution in [3.05, 3.63) is 71.2 Å². The van der Waals surface area contributed by atoms with E-state index in [9.17, 15) is 23.6 Å². The molecule has 1 aromatic heterocycles. The number of nitrogens with zero attached hydrogens (tertiary/aromatic N) is 4. The molecule has 1 aliphatic rings. The van der Waals surface area contributed by atoms with Gasteiger partial charge in [0.25, 0.3) is 11.8 Å². The first-order valence-corrected chi connectivity index (χ1v) is 12.2. The number of amides is 3. The molecular weight excluding hydrogens is 475 g/mol. The van der Waals surface area contributed by atoms with Crippen molar-refractivity contribution in [2.45, 2.75) is 19.3 Å². The van der Waals surface area contributed by atoms with Gasteiger partial charge in [0.2, 0.25) is 5.78 Å². The van der Waals surface area contributed by atoms with Gasteiger partial charge in [-0.2, -0.15) is 0 Å². The maximum atomic E-state index is 13.6. The van der Waals surface area contributed by atoms with Gasteiger partial charge in [-0.25, -0.2) is 9.18 Å². The molecule has 9 heteroatoms. The number of hydrogen-bond acceptors (Lipinski definition) is 4. The number of Topliss-reactive ketones (excluding diaryl/α,β-unsaturated/α-hetero) is 1. The molecule has 4 rings (SSSR count). The number of halogens is 1. The number of hydrogen-bond donors (Lipinski definition) is 0. The number of benzene rings is 2. The first-order valence-electron chi connectivity index (χ1n) is 12.2. The molecule has 0 atom stereocenters. The molecule has 8 nitrogen and oxygen atoms in total. The molecule has 2 aromatic carbocycles. The molecule has 1 aliphatic heterocycles. The molecule has 0 unspecified atom stereocenters. The Kier molecular flexibility index (Phi) is 7.42. The fourth-order valence-electron chi connectivity index (χ4n) is 4.71. The summed E-state index contributed by atoms with van der Waals surface area (Å²) >= 11 is 0. The fourth-order valence-corrected chi connectivity index (χ4v) is 4.71. The molecule has 0 radical (unpaired) electrons. The number of fused-ring (bicyclic) bond motifs is 1. The van der Waals surface area contributed by atoms with Crippen LogP contribution in [0.1, 0.15) is 39.1 Å². The van der Waals surface area contributed by atoms with Gasteiger partial charge in [0.15, 0.2) is 0 Å². The van der Waals surface area contributed by atoms with E-state index >= 15 is 0 Å². The van der Waals surface area contributed by atoms with Crippen LogP contribution in [-0.2, 0) is 11.2 Å². The topological polar surface area (TPSA) is 82.9 Å². The van der Waals surface area contributed by atoms with E-state index in [4.69, 9.17) is 0 Å². The quantitative estimate of drug-likeness (QED) is 0.391. The summed E-state index contributed by atoms with van der Waals surface area (Å²) in [6.07, 6.45) is 3.95. The number of aromatic nitrogens is 1. The highest BCUT2D eigenvalue weighted by atomic mass is 19.1. The Morgan fingerprint density at radius 1 is 0.919 bits per heavy atom. The zero-order valence-electron chi connectivity index (χ0n) is 21.5. The van der Waals surface area contributed by atoms with Gasteiger partial charge >= 0.3 is 6.03 Å². The highest BCUT2D eigenvalue weighted by molar-refractivity contribution is 6.43. The summed E-state index contributed by atoms with van der Waals surface area (Å²) in [4.78, 5) is 55.8. The fraction of sp³-hybridized carbons (Fsp3) is 0.357. The molecule has 1 saturated heterocycles. The molecule has 0 bridgehead atoms. The van der Waals surface area contributed by atoms with Crippen molar-refractivity contribution in [3.8, 4) is 0 Å². The van der Waals surface area contributed by atoms with Gasteiger partial charge in [-0.1, -0.05) is 12.1 Å². The van der Waals surface area contributed by atoms with Crippen LogP contribution in [0.2, 0.25) is 0 Å². The number of piperidine rings is 1. The highest BCUT2D eigenvalue weighted by Gasteiger charge is 2.28. The molecule has 0 N–H and O–H groups in total. The molecule has 0 aliphatic carbocycles. The lowest BCUT2D eigenvalue weighted by molar-refractivity contribution is -0.124. The van der Waals surface area contributed by atoms with Crippen molar-refractivity contribution in [3.63, 3.8) is 0 Å². The van der Waals surface area contributed by atoms with Crippen molar-refractivity contribution in [1.82, 2.24) is 19.3 Å². The molecule has 3 amide bonds. The lowest BCUT2D eigenvalue weighted by atomic mass is 9.90. The third kappa shape index (κ3) is 5.40. The number of carbonyl (C=O) groups excluding carboxylic acids is 4. The summed E-state index contributed by atoms with van der Waals surface area (Å²) in [7, 11) is 6.24. The van der Waals surface area contributed by atoms with Crippen LogP contribution in [0.3, 0.4) is 0 Å². The van der Waals surface area contributed by atoms with Crippen LogP contribution >= 0.6 is 0 Å². The second-order valence-electron chi connectivity index (χ2n) is 9.92. The van der Waals surface area contributed by atoms with Crippen molar-refractivity contribution in [2.24, 2.45) is 5.92 Å². The minimum atomic E-state index is -0.682. The summed E-state index contributed by atoms with van der Waals surface area (Å²) in [5.74, 6) is -1.45. The average Bonchev–Trinajstić information content (AvgIpc) is 3.27. The second kappa shape index (κ2) is 10.5. The van der Waals surface area contributed by atoms with E-state index < -0.39 is 11.7 Å². The Morgan fingerprint density at radius 2 is 1.57 bits per heavy atom. The van der Waals surface area contributed by atoms with Gasteiger partial charge in [0, 0.05) is 58.4 Å². The standard InChI is InChI=1S/C28H31FN4O4/c1-30(2)27(36)25(34)20-7-10-24-22(16-20)23(17-33(24)28(37)31(3)4)26(35)32-13-11-19(12-14-32)15-18-5-8-21(29)9-6-18/h5-10,16-17,19H,11-15H2,1-4H3. The number of carbonyl (C=O) groups is 4. The maximum Gasteiger partial charge on any atom is 0.328 e. The summed E-state index contributed by atoms with van der Waals surface area (Å²) in [5.41, 5.74) is 2.03. The van der Waals surface area contributed by atoms with Crippen molar-refractivity contribution >= 4 is 34.5 Å². The minimum Gasteiger partial charge on any atom is -0.342 e. The van der Waals surface area contributed by atoms with E-state index in [0.717, 1.165) is 24.8 Å². The SMILES string of the molecule is CN(C)C(=O)C(=O)c1ccc2c(c1)c(C(=O)N1CCC(Cc3ccc(F)cc3)CC1)cn2C(=O)N(C)C. The van der Waals surface area contributed by atoms with Crippen LogP contribution in [0.15, 0.2) is 48.7 Å². The largest absolute Gasteiger partial charge is 0.342 e. The number of ketones is 1. The first-order chi connectivity index (χ1) is 17.6. The zero-order chi connectivity index (χ0) is 26.9. The van der Waals surface area contributed by atoms with E-state index in [1.54, 1.807) is 37.2 Å². The molecule has 2 heterocycles. The Bertz CT molecular complexity index is 1350. The lowest BCUT2D eigenvalue weighted by Gasteiger charge is -2.32. The first kappa shape index (κ1) is 26.1. The molecule has 3 aromatic rings. The van der Waals surface area contributed by atoms with Gasteiger partial charge in [-0.15, -0.1) is 0 Å². The second-order valence-corrected chi connectivity index (χ2v) is 9.92. The van der Waals surface area contributed by atoms with E-state index in [-0.39, 0.29) is 23.3 Å². The van der Waals surface area contributed by atoms with E-state index in [1.165, 1.54) is 58.9 Å². The van der Waals surface area contributed by atoms with Gasteiger partial charge in [-0.05, 0) is 61.1 Å². The van der Waals surface area contributed by atoms with E-state index in [2.05, 4.69) is 0 Å². The third-order valence-electron chi connectivity index (χ3n) is 6.83. The summed E-state index contributed by atoms with van der Waals surface area (Å²) in [6.45, 7) is 1.10. The van der Waals surface area contributed by atoms with Crippen LogP contribution in [0, 0.1) is 11.7 Å². The highest BCUT2D eigenvalue weighted by Crippen LogP contribution is 2.28. The summed E-state index contributed by atoms with van der Waals surface area (Å²) in [5, 5.41) is 0.450. The number of rotatable bonds is 5. The molecule has 1 fully saturated rings. The van der Waals surface area contributed by atoms with Crippen LogP contribution in [0.4, 0.5) is 9.18 Å². The lowest BCUT2D eigenvalue weighted by Crippen LogP contribution is -2.39. The Balaban J connectivity index is 1.60. The van der Waals surface area contributed by atoms with Crippen LogP contribution < -0.4 is 0 Å². The number of likely N-dealkylation sites (tertiary alicyclic amines) is 1. The van der Waals surface area contributed by atoms with Gasteiger partial charge in [-0.3, -0.25) is 19.0 Å². The normalized spacial score (nSPS) is 14.0. The molecule has 0 spiro atoms. The van der Waals surface area contributed by atoms with Crippen LogP contribution in [0.25, 0.3) is 10.9 Å². The van der Waals surface area contributed by atoms with E-state index in [0.29, 0.717) is 35.5 Å². The van der Waals surface area contributed by atoms with Crippen LogP contribution in [0.5, 0.6) is 0 Å². The van der Waals surface area contributed by atoms with Crippen LogP contribution in [-0.4, -0.2) is 84.2 Å². The zero-order valence-corrected chi connectivity index (χ0v) is 21.5. The Labute approximate surface area is 215 Å². The van der Waals surface area contributed by atoms with Crippen molar-refractivity contribution < 1.29 is 23.6 Å². The molecule has 194 valence electrons. The van der Waals surface area contributed by atoms with Crippen molar-refractivity contribution in [2.75, 3.05) is 41.3 Å². The predicted octanol–water partition coefficient (Wildman–Crippen LogP) is 3.68. The molecule has 37 heavy (non-hydrogen) atoms. The predicted molar refractivity (Wildman–Crippen MR) is 138 cm³/mol. The third-order valence-corrected chi connectivity index (χ3v) is 6.83. The van der Waals surface area contributed by atoms with Gasteiger partial charge in [0.05, 0.1) is 11.1 Å². The molecule has 0 saturated carbocycles. The minimum absolute atomic E-state index is 0.160. The monoisotopic (exact) mass is 506 g/mol. The molecular formula is C28H31FN4O4. The van der Waals surface area contributed by atoms with Crippen molar-refractivity contribution in [1.29, 1.82) is 0 Å². The Hall–Kier alpha value is -4.01.